The van der Waals surface area contributed by atoms with Gasteiger partial charge in [0.15, 0.2) is 6.73 Å². The van der Waals surface area contributed by atoms with Crippen molar-refractivity contribution in [3.05, 3.63) is 53.3 Å². The van der Waals surface area contributed by atoms with E-state index in [9.17, 15) is 4.79 Å². The Kier molecular flexibility index (Phi) is 5.28. The van der Waals surface area contributed by atoms with Gasteiger partial charge in [0.05, 0.1) is 29.0 Å². The first-order valence-corrected chi connectivity index (χ1v) is 12.9. The molecule has 4 aliphatic carbocycles. The first-order chi connectivity index (χ1) is 16.5. The largest absolute Gasteiger partial charge is 0.471 e. The molecule has 4 fully saturated rings. The first kappa shape index (κ1) is 21.8. The number of amides is 1. The van der Waals surface area contributed by atoms with E-state index in [-0.39, 0.29) is 16.9 Å². The average Bonchev–Trinajstić information content (AvgIpc) is 3.46. The zero-order valence-electron chi connectivity index (χ0n) is 19.3. The van der Waals surface area contributed by atoms with Gasteiger partial charge >= 0.3 is 0 Å². The van der Waals surface area contributed by atoms with Gasteiger partial charge in [-0.2, -0.15) is 5.10 Å². The minimum absolute atomic E-state index is 0.105. The topological polar surface area (TPSA) is 86.9 Å². The Morgan fingerprint density at radius 2 is 1.97 bits per heavy atom. The number of hydrogen-bond donors (Lipinski definition) is 1. The van der Waals surface area contributed by atoms with Crippen LogP contribution in [-0.4, -0.2) is 30.5 Å². The van der Waals surface area contributed by atoms with Gasteiger partial charge in [0.2, 0.25) is 10.6 Å². The molecule has 2 atom stereocenters. The molecule has 34 heavy (non-hydrogen) atoms. The summed E-state index contributed by atoms with van der Waals surface area (Å²) in [4.78, 5) is 18.0. The van der Waals surface area contributed by atoms with E-state index < -0.39 is 0 Å². The fourth-order valence-electron chi connectivity index (χ4n) is 6.94. The highest BCUT2D eigenvalue weighted by molar-refractivity contribution is 9.10. The maximum absolute atomic E-state index is 13.7. The number of hydrogen-bond acceptors (Lipinski definition) is 5. The van der Waals surface area contributed by atoms with Gasteiger partial charge < -0.3 is 10.1 Å². The van der Waals surface area contributed by atoms with Crippen LogP contribution in [0.5, 0.6) is 5.75 Å². The molecule has 1 aromatic carbocycles. The molecule has 3 aromatic rings. The lowest BCUT2D eigenvalue weighted by Gasteiger charge is -2.60. The highest BCUT2D eigenvalue weighted by Gasteiger charge is 2.61. The second-order valence-electron chi connectivity index (χ2n) is 10.4. The normalized spacial score (nSPS) is 29.4. The molecule has 0 radical (unpaired) electrons. The molecular formula is C25H29BrN6O2. The average molecular weight is 525 g/mol. The van der Waals surface area contributed by atoms with E-state index >= 15 is 0 Å². The molecule has 2 heterocycles. The number of aromatic nitrogens is 5. The van der Waals surface area contributed by atoms with Gasteiger partial charge in [-0.1, -0.05) is 19.1 Å². The number of ether oxygens (including phenoxy) is 1. The number of benzene rings is 1. The molecule has 0 spiro atoms. The summed E-state index contributed by atoms with van der Waals surface area (Å²) >= 11 is 3.39. The highest BCUT2D eigenvalue weighted by atomic mass is 79.9. The quantitative estimate of drug-likeness (QED) is 0.480. The van der Waals surface area contributed by atoms with Crippen molar-refractivity contribution in [3.8, 4) is 5.75 Å². The summed E-state index contributed by atoms with van der Waals surface area (Å²) in [7, 11) is 0. The lowest BCUT2D eigenvalue weighted by atomic mass is 9.46. The lowest BCUT2D eigenvalue weighted by Crippen LogP contribution is -2.60. The molecule has 8 nitrogen and oxygen atoms in total. The van der Waals surface area contributed by atoms with E-state index in [1.807, 2.05) is 29.3 Å². The minimum atomic E-state index is -0.359. The maximum atomic E-state index is 13.7. The lowest BCUT2D eigenvalue weighted by molar-refractivity contribution is -0.150. The molecule has 4 bridgehead atoms. The summed E-state index contributed by atoms with van der Waals surface area (Å²) in [6.45, 7) is 2.42. The number of halogens is 1. The number of anilines is 1. The second-order valence-corrected chi connectivity index (χ2v) is 11.1. The van der Waals surface area contributed by atoms with Crippen molar-refractivity contribution in [2.45, 2.75) is 64.1 Å². The Morgan fingerprint density at radius 3 is 2.65 bits per heavy atom. The summed E-state index contributed by atoms with van der Waals surface area (Å²) in [5, 5.41) is 12.1. The second kappa shape index (κ2) is 8.22. The smallest absolute Gasteiger partial charge is 0.230 e. The predicted molar refractivity (Wildman–Crippen MR) is 130 cm³/mol. The summed E-state index contributed by atoms with van der Waals surface area (Å²) in [5.74, 6) is 2.04. The predicted octanol–water partition coefficient (Wildman–Crippen LogP) is 4.77. The van der Waals surface area contributed by atoms with Crippen LogP contribution in [0.4, 0.5) is 5.69 Å². The first-order valence-electron chi connectivity index (χ1n) is 12.1. The zero-order valence-corrected chi connectivity index (χ0v) is 20.9. The summed E-state index contributed by atoms with van der Waals surface area (Å²) < 4.78 is 10.2. The molecular weight excluding hydrogens is 496 g/mol. The molecule has 1 amide bonds. The van der Waals surface area contributed by atoms with Crippen molar-refractivity contribution < 1.29 is 9.53 Å². The zero-order chi connectivity index (χ0) is 23.3. The SMILES string of the molecule is CCc1ccc(OCn2cc(NC(=O)C34CC5CC(C3)CC(n3cnc(Br)n3)(C5)C4)cn2)cc1. The molecule has 0 saturated heterocycles. The molecule has 7 rings (SSSR count). The standard InChI is InChI=1S/C25H29BrN6O2/c1-2-17-3-5-21(6-4-17)34-16-31-13-20(12-28-31)29-22(33)24-8-18-7-19(9-24)11-25(10-18,14-24)32-15-27-23(26)30-32/h3-6,12-13,15,18-19H,2,7-11,14,16H2,1H3,(H,29,33). The minimum Gasteiger partial charge on any atom is -0.471 e. The van der Waals surface area contributed by atoms with Crippen molar-refractivity contribution in [2.24, 2.45) is 17.3 Å². The van der Waals surface area contributed by atoms with E-state index in [2.05, 4.69) is 55.5 Å². The molecule has 2 unspecified atom stereocenters. The number of nitrogens with zero attached hydrogens (tertiary/aromatic N) is 5. The summed E-state index contributed by atoms with van der Waals surface area (Å²) in [5.41, 5.74) is 1.52. The van der Waals surface area contributed by atoms with E-state index in [1.165, 1.54) is 12.0 Å². The van der Waals surface area contributed by atoms with E-state index in [0.29, 0.717) is 29.0 Å². The third kappa shape index (κ3) is 3.83. The molecule has 178 valence electrons. The Morgan fingerprint density at radius 1 is 1.21 bits per heavy atom. The van der Waals surface area contributed by atoms with Crippen LogP contribution in [0.3, 0.4) is 0 Å². The monoisotopic (exact) mass is 524 g/mol. The van der Waals surface area contributed by atoms with Crippen molar-refractivity contribution in [2.75, 3.05) is 5.32 Å². The van der Waals surface area contributed by atoms with Crippen LogP contribution in [0.1, 0.15) is 51.0 Å². The molecule has 0 aliphatic heterocycles. The third-order valence-corrected chi connectivity index (χ3v) is 8.41. The molecule has 1 N–H and O–H groups in total. The number of nitrogens with one attached hydrogen (secondary N) is 1. The highest BCUT2D eigenvalue weighted by Crippen LogP contribution is 2.64. The van der Waals surface area contributed by atoms with Gasteiger partial charge in [-0.25, -0.2) is 14.3 Å². The molecule has 4 aliphatic rings. The van der Waals surface area contributed by atoms with Gasteiger partial charge in [0.1, 0.15) is 12.1 Å². The Labute approximate surface area is 207 Å². The Balaban J connectivity index is 1.14. The van der Waals surface area contributed by atoms with Crippen LogP contribution < -0.4 is 10.1 Å². The Bertz CT molecular complexity index is 1190. The van der Waals surface area contributed by atoms with Crippen molar-refractivity contribution in [1.82, 2.24) is 24.5 Å². The molecule has 2 aromatic heterocycles. The third-order valence-electron chi connectivity index (χ3n) is 8.05. The van der Waals surface area contributed by atoms with Gasteiger partial charge in [-0.3, -0.25) is 4.79 Å². The van der Waals surface area contributed by atoms with Gasteiger partial charge in [0.25, 0.3) is 0 Å². The van der Waals surface area contributed by atoms with Crippen LogP contribution in [0.2, 0.25) is 0 Å². The number of rotatable bonds is 7. The van der Waals surface area contributed by atoms with Crippen LogP contribution in [0, 0.1) is 17.3 Å². The van der Waals surface area contributed by atoms with Gasteiger partial charge in [-0.15, -0.1) is 5.10 Å². The fraction of sp³-hybridized carbons (Fsp3) is 0.520. The van der Waals surface area contributed by atoms with Crippen LogP contribution in [0.15, 0.2) is 47.7 Å². The van der Waals surface area contributed by atoms with Crippen molar-refractivity contribution in [3.63, 3.8) is 0 Å². The van der Waals surface area contributed by atoms with Crippen LogP contribution >= 0.6 is 15.9 Å². The summed E-state index contributed by atoms with van der Waals surface area (Å²) in [6, 6.07) is 8.09. The van der Waals surface area contributed by atoms with E-state index in [1.54, 1.807) is 10.9 Å². The number of aryl methyl sites for hydroxylation is 1. The van der Waals surface area contributed by atoms with Gasteiger partial charge in [0, 0.05) is 0 Å². The molecule has 4 saturated carbocycles. The maximum Gasteiger partial charge on any atom is 0.230 e. The Hall–Kier alpha value is -2.68. The van der Waals surface area contributed by atoms with E-state index in [4.69, 9.17) is 4.74 Å². The number of carbonyl (C=O) groups is 1. The van der Waals surface area contributed by atoms with Gasteiger partial charge in [-0.05, 0) is 90.4 Å². The van der Waals surface area contributed by atoms with Crippen molar-refractivity contribution >= 4 is 27.5 Å². The van der Waals surface area contributed by atoms with Crippen LogP contribution in [-0.2, 0) is 23.5 Å². The number of carbonyl (C=O) groups excluding carboxylic acids is 1. The van der Waals surface area contributed by atoms with Crippen LogP contribution in [0.25, 0.3) is 0 Å². The van der Waals surface area contributed by atoms with Crippen molar-refractivity contribution in [1.29, 1.82) is 0 Å². The van der Waals surface area contributed by atoms with E-state index in [0.717, 1.165) is 44.3 Å². The molecule has 9 heteroatoms. The summed E-state index contributed by atoms with van der Waals surface area (Å²) in [6.07, 6.45) is 12.5. The fourth-order valence-corrected chi connectivity index (χ4v) is 7.21.